The lowest BCUT2D eigenvalue weighted by Gasteiger charge is -2.34. The van der Waals surface area contributed by atoms with E-state index in [2.05, 4.69) is 179 Å². The summed E-state index contributed by atoms with van der Waals surface area (Å²) in [5.74, 6) is 0. The predicted molar refractivity (Wildman–Crippen MR) is 189 cm³/mol. The molecular weight excluding hydrogens is 544 g/mol. The van der Waals surface area contributed by atoms with Crippen molar-refractivity contribution in [3.8, 4) is 27.9 Å². The average molecular weight is 575 g/mol. The van der Waals surface area contributed by atoms with Crippen molar-refractivity contribution >= 4 is 38.9 Å². The molecule has 2 heterocycles. The Morgan fingerprint density at radius 2 is 0.800 bits per heavy atom. The molecule has 0 amide bonds. The molecule has 1 aromatic heterocycles. The van der Waals surface area contributed by atoms with Gasteiger partial charge in [-0.3, -0.25) is 0 Å². The number of para-hydroxylation sites is 6. The summed E-state index contributed by atoms with van der Waals surface area (Å²) < 4.78 is 2.42. The Bertz CT molecular complexity index is 2280. The van der Waals surface area contributed by atoms with E-state index in [0.29, 0.717) is 0 Å². The normalized spacial score (nSPS) is 12.3. The molecule has 2 heteroatoms. The van der Waals surface area contributed by atoms with Crippen molar-refractivity contribution in [1.82, 2.24) is 4.57 Å². The van der Waals surface area contributed by atoms with Crippen molar-refractivity contribution in [2.75, 3.05) is 4.90 Å². The molecule has 9 rings (SSSR count). The van der Waals surface area contributed by atoms with Crippen LogP contribution in [0.1, 0.15) is 11.1 Å². The summed E-state index contributed by atoms with van der Waals surface area (Å²) in [6.07, 6.45) is 0.944. The first-order chi connectivity index (χ1) is 22.3. The number of hydrogen-bond donors (Lipinski definition) is 0. The highest BCUT2D eigenvalue weighted by atomic mass is 15.2. The minimum absolute atomic E-state index is 0.944. The third-order valence-electron chi connectivity index (χ3n) is 9.20. The molecule has 0 atom stereocenters. The van der Waals surface area contributed by atoms with Crippen LogP contribution < -0.4 is 4.90 Å². The van der Waals surface area contributed by atoms with E-state index in [1.807, 2.05) is 0 Å². The summed E-state index contributed by atoms with van der Waals surface area (Å²) in [5, 5.41) is 2.54. The van der Waals surface area contributed by atoms with Crippen molar-refractivity contribution < 1.29 is 0 Å². The molecule has 0 fully saturated rings. The van der Waals surface area contributed by atoms with E-state index in [0.717, 1.165) is 6.42 Å². The first-order valence-electron chi connectivity index (χ1n) is 15.6. The Balaban J connectivity index is 1.22. The van der Waals surface area contributed by atoms with Gasteiger partial charge in [0, 0.05) is 39.7 Å². The van der Waals surface area contributed by atoms with Crippen LogP contribution in [0.5, 0.6) is 0 Å². The van der Waals surface area contributed by atoms with Crippen LogP contribution in [0.2, 0.25) is 0 Å². The quantitative estimate of drug-likeness (QED) is 0.203. The standard InChI is InChI=1S/C43H30N2/c1-7-22-38-32(14-1)29-33-15-2-8-23-39(33)44(38)40-24-9-3-18-34(40)30-16-13-17-31(28-30)35-19-4-10-25-41(35)45-42-26-11-5-20-36(42)37-21-6-12-27-43(37)45/h1-28H,29H2. The Kier molecular flexibility index (Phi) is 5.92. The SMILES string of the molecule is c1cc(-c2ccccc2N2c3ccccc3Cc3ccccc32)cc(-c2ccccc2-n2c3ccccc3c3ccccc32)c1. The molecule has 1 aliphatic heterocycles. The van der Waals surface area contributed by atoms with Gasteiger partial charge in [0.2, 0.25) is 0 Å². The first-order valence-corrected chi connectivity index (χ1v) is 15.6. The topological polar surface area (TPSA) is 8.17 Å². The van der Waals surface area contributed by atoms with Crippen molar-refractivity contribution in [3.63, 3.8) is 0 Å². The molecule has 1 aliphatic rings. The number of hydrogen-bond acceptors (Lipinski definition) is 1. The molecule has 0 bridgehead atoms. The van der Waals surface area contributed by atoms with Crippen molar-refractivity contribution in [2.24, 2.45) is 0 Å². The fourth-order valence-corrected chi connectivity index (χ4v) is 7.21. The Morgan fingerprint density at radius 1 is 0.356 bits per heavy atom. The molecule has 0 saturated carbocycles. The third kappa shape index (κ3) is 4.11. The summed E-state index contributed by atoms with van der Waals surface area (Å²) in [7, 11) is 0. The van der Waals surface area contributed by atoms with E-state index >= 15 is 0 Å². The number of anilines is 3. The van der Waals surface area contributed by atoms with Crippen molar-refractivity contribution in [1.29, 1.82) is 0 Å². The zero-order valence-corrected chi connectivity index (χ0v) is 24.8. The number of fused-ring (bicyclic) bond motifs is 5. The summed E-state index contributed by atoms with van der Waals surface area (Å²) in [4.78, 5) is 2.45. The number of rotatable bonds is 4. The summed E-state index contributed by atoms with van der Waals surface area (Å²) >= 11 is 0. The van der Waals surface area contributed by atoms with Gasteiger partial charge >= 0.3 is 0 Å². The van der Waals surface area contributed by atoms with Crippen LogP contribution in [0.3, 0.4) is 0 Å². The van der Waals surface area contributed by atoms with Gasteiger partial charge in [0.25, 0.3) is 0 Å². The minimum Gasteiger partial charge on any atom is -0.309 e. The maximum Gasteiger partial charge on any atom is 0.0541 e. The lowest BCUT2D eigenvalue weighted by molar-refractivity contribution is 1.09. The molecule has 2 nitrogen and oxygen atoms in total. The molecule has 7 aromatic carbocycles. The second-order valence-corrected chi connectivity index (χ2v) is 11.8. The number of aromatic nitrogens is 1. The predicted octanol–water partition coefficient (Wildman–Crippen LogP) is 11.5. The molecule has 0 radical (unpaired) electrons. The molecule has 45 heavy (non-hydrogen) atoms. The van der Waals surface area contributed by atoms with Gasteiger partial charge in [0.1, 0.15) is 0 Å². The van der Waals surface area contributed by atoms with Crippen LogP contribution in [0.25, 0.3) is 49.7 Å². The van der Waals surface area contributed by atoms with Crippen LogP contribution in [-0.4, -0.2) is 4.57 Å². The molecule has 0 saturated heterocycles. The Hall–Kier alpha value is -5.86. The summed E-state index contributed by atoms with van der Waals surface area (Å²) in [5.41, 5.74) is 14.8. The van der Waals surface area contributed by atoms with Gasteiger partial charge in [0.15, 0.2) is 0 Å². The summed E-state index contributed by atoms with van der Waals surface area (Å²) in [6, 6.07) is 61.7. The maximum atomic E-state index is 2.45. The molecule has 212 valence electrons. The molecule has 0 unspecified atom stereocenters. The number of nitrogens with zero attached hydrogens (tertiary/aromatic N) is 2. The highest BCUT2D eigenvalue weighted by Crippen LogP contribution is 2.47. The van der Waals surface area contributed by atoms with E-state index in [-0.39, 0.29) is 0 Å². The van der Waals surface area contributed by atoms with Gasteiger partial charge in [0.05, 0.1) is 22.4 Å². The van der Waals surface area contributed by atoms with Crippen LogP contribution in [0.15, 0.2) is 170 Å². The fraction of sp³-hybridized carbons (Fsp3) is 0.0233. The van der Waals surface area contributed by atoms with Crippen LogP contribution in [0.4, 0.5) is 17.1 Å². The minimum atomic E-state index is 0.944. The third-order valence-corrected chi connectivity index (χ3v) is 9.20. The van der Waals surface area contributed by atoms with E-state index < -0.39 is 0 Å². The fourth-order valence-electron chi connectivity index (χ4n) is 7.21. The first kappa shape index (κ1) is 25.6. The van der Waals surface area contributed by atoms with Crippen LogP contribution >= 0.6 is 0 Å². The van der Waals surface area contributed by atoms with Crippen LogP contribution in [-0.2, 0) is 6.42 Å². The average Bonchev–Trinajstić information content (AvgIpc) is 3.45. The van der Waals surface area contributed by atoms with Crippen LogP contribution in [0, 0.1) is 0 Å². The van der Waals surface area contributed by atoms with Crippen molar-refractivity contribution in [3.05, 3.63) is 181 Å². The molecule has 0 N–H and O–H groups in total. The molecule has 0 aliphatic carbocycles. The zero-order valence-electron chi connectivity index (χ0n) is 24.8. The largest absolute Gasteiger partial charge is 0.309 e. The highest BCUT2D eigenvalue weighted by molar-refractivity contribution is 6.09. The Morgan fingerprint density at radius 3 is 1.40 bits per heavy atom. The smallest absolute Gasteiger partial charge is 0.0541 e. The van der Waals surface area contributed by atoms with Gasteiger partial charge in [-0.1, -0.05) is 127 Å². The highest BCUT2D eigenvalue weighted by Gasteiger charge is 2.25. The molecular formula is C43H30N2. The maximum absolute atomic E-state index is 2.45. The monoisotopic (exact) mass is 574 g/mol. The Labute approximate surface area is 263 Å². The van der Waals surface area contributed by atoms with Gasteiger partial charge in [-0.05, 0) is 64.7 Å². The van der Waals surface area contributed by atoms with Gasteiger partial charge in [-0.25, -0.2) is 0 Å². The van der Waals surface area contributed by atoms with E-state index in [9.17, 15) is 0 Å². The second kappa shape index (κ2) is 10.4. The van der Waals surface area contributed by atoms with Gasteiger partial charge in [-0.15, -0.1) is 0 Å². The number of benzene rings is 7. The summed E-state index contributed by atoms with van der Waals surface area (Å²) in [6.45, 7) is 0. The molecule has 8 aromatic rings. The second-order valence-electron chi connectivity index (χ2n) is 11.8. The van der Waals surface area contributed by atoms with E-state index in [1.165, 1.54) is 77.9 Å². The van der Waals surface area contributed by atoms with Gasteiger partial charge in [-0.2, -0.15) is 0 Å². The lowest BCUT2D eigenvalue weighted by atomic mass is 9.92. The molecule has 0 spiro atoms. The van der Waals surface area contributed by atoms with Crippen molar-refractivity contribution in [2.45, 2.75) is 6.42 Å². The van der Waals surface area contributed by atoms with E-state index in [4.69, 9.17) is 0 Å². The lowest BCUT2D eigenvalue weighted by Crippen LogP contribution is -2.19. The van der Waals surface area contributed by atoms with Gasteiger partial charge < -0.3 is 9.47 Å². The van der Waals surface area contributed by atoms with E-state index in [1.54, 1.807) is 0 Å². The zero-order chi connectivity index (χ0) is 29.7.